The monoisotopic (exact) mass is 1410 g/mol. The van der Waals surface area contributed by atoms with E-state index in [1.165, 1.54) is 48.4 Å². The van der Waals surface area contributed by atoms with Crippen LogP contribution in [0.4, 0.5) is 22.7 Å². The van der Waals surface area contributed by atoms with Crippen LogP contribution in [-0.4, -0.2) is 181 Å². The van der Waals surface area contributed by atoms with Crippen molar-refractivity contribution in [2.75, 3.05) is 165 Å². The minimum atomic E-state index is -0.146. The van der Waals surface area contributed by atoms with Gasteiger partial charge in [-0.3, -0.25) is 19.2 Å². The number of nitrogens with one attached hydrogen (secondary N) is 2. The Morgan fingerprint density at radius 3 is 1.09 bits per heavy atom. The summed E-state index contributed by atoms with van der Waals surface area (Å²) in [6, 6.07) is 27.4. The topological polar surface area (TPSA) is 198 Å². The van der Waals surface area contributed by atoms with Crippen LogP contribution in [0.2, 0.25) is 20.1 Å². The molecule has 2 N–H and O–H groups in total. The van der Waals surface area contributed by atoms with Crippen molar-refractivity contribution in [2.24, 2.45) is 0 Å². The summed E-state index contributed by atoms with van der Waals surface area (Å²) in [6.45, 7) is 9.91. The first kappa shape index (κ1) is 71.0. The second kappa shape index (κ2) is 37.1. The molecular formula is C68H80Cl4N6O14S2. The molecule has 0 radical (unpaired) electrons. The largest absolute Gasteiger partial charge is 0.444 e. The summed E-state index contributed by atoms with van der Waals surface area (Å²) in [5.41, 5.74) is 6.28. The van der Waals surface area contributed by atoms with Crippen LogP contribution in [0, 0.1) is 0 Å². The second-order valence-electron chi connectivity index (χ2n) is 22.5. The highest BCUT2D eigenvalue weighted by Crippen LogP contribution is 2.45. The Kier molecular flexibility index (Phi) is 28.0. The van der Waals surface area contributed by atoms with E-state index in [4.69, 9.17) is 93.8 Å². The van der Waals surface area contributed by atoms with Gasteiger partial charge >= 0.3 is 0 Å². The molecule has 2 aromatic heterocycles. The fourth-order valence-corrected chi connectivity index (χ4v) is 13.2. The highest BCUT2D eigenvalue weighted by molar-refractivity contribution is 7.12. The first-order valence-corrected chi connectivity index (χ1v) is 35.2. The second-order valence-corrected chi connectivity index (χ2v) is 25.9. The average Bonchev–Trinajstić information content (AvgIpc) is 1.51. The third-order valence-corrected chi connectivity index (χ3v) is 18.7. The van der Waals surface area contributed by atoms with Gasteiger partial charge in [0.05, 0.1) is 150 Å². The van der Waals surface area contributed by atoms with E-state index in [9.17, 15) is 19.2 Å². The van der Waals surface area contributed by atoms with Gasteiger partial charge in [0.15, 0.2) is 10.1 Å². The van der Waals surface area contributed by atoms with Crippen LogP contribution in [0.25, 0.3) is 0 Å². The van der Waals surface area contributed by atoms with E-state index < -0.39 is 0 Å². The Bertz CT molecular complexity index is 3230. The molecule has 6 aromatic rings. The highest BCUT2D eigenvalue weighted by atomic mass is 35.5. The molecule has 0 atom stereocenters. The predicted octanol–water partition coefficient (Wildman–Crippen LogP) is 12.2. The predicted molar refractivity (Wildman–Crippen MR) is 368 cm³/mol. The number of hydrogen-bond donors (Lipinski definition) is 2. The van der Waals surface area contributed by atoms with E-state index in [1.54, 1.807) is 36.4 Å². The summed E-state index contributed by atoms with van der Waals surface area (Å²) in [4.78, 5) is 61.6. The van der Waals surface area contributed by atoms with Gasteiger partial charge in [0.25, 0.3) is 11.8 Å². The number of thiophene rings is 2. The van der Waals surface area contributed by atoms with Crippen molar-refractivity contribution in [2.45, 2.75) is 63.5 Å². The lowest BCUT2D eigenvalue weighted by atomic mass is 10.1. The molecule has 26 heteroatoms. The Labute approximate surface area is 576 Å². The number of anilines is 4. The number of aryl methyl sites for hydroxylation is 2. The Morgan fingerprint density at radius 1 is 0.415 bits per heavy atom. The minimum Gasteiger partial charge on any atom is -0.444 e. The van der Waals surface area contributed by atoms with E-state index in [2.05, 4.69) is 32.6 Å². The van der Waals surface area contributed by atoms with Crippen LogP contribution in [-0.2, 0) is 60.3 Å². The molecule has 94 heavy (non-hydrogen) atoms. The number of hydrogen-bond acceptors (Lipinski definition) is 18. The Balaban J connectivity index is 0.465. The zero-order chi connectivity index (χ0) is 65.4. The van der Waals surface area contributed by atoms with Crippen LogP contribution in [0.15, 0.2) is 95.7 Å². The van der Waals surface area contributed by atoms with Gasteiger partial charge in [-0.15, -0.1) is 22.7 Å². The number of rotatable bonds is 41. The van der Waals surface area contributed by atoms with E-state index in [-0.39, 0.29) is 36.5 Å². The number of amides is 4. The van der Waals surface area contributed by atoms with Gasteiger partial charge < -0.3 is 77.6 Å². The maximum atomic E-state index is 13.9. The maximum Gasteiger partial charge on any atom is 0.263 e. The van der Waals surface area contributed by atoms with Crippen LogP contribution in [0.3, 0.4) is 0 Å². The van der Waals surface area contributed by atoms with Crippen LogP contribution >= 0.6 is 69.1 Å². The maximum absolute atomic E-state index is 13.9. The molecule has 0 unspecified atom stereocenters. The molecule has 0 saturated heterocycles. The van der Waals surface area contributed by atoms with E-state index in [1.807, 2.05) is 57.0 Å². The summed E-state index contributed by atoms with van der Waals surface area (Å²) in [5.74, 6) is 0.0972. The molecule has 20 nitrogen and oxygen atoms in total. The molecular weight excluding hydrogens is 1330 g/mol. The van der Waals surface area contributed by atoms with Crippen molar-refractivity contribution in [3.8, 4) is 21.6 Å². The number of carbonyl (C=O) groups is 4. The third-order valence-electron chi connectivity index (χ3n) is 15.9. The zero-order valence-corrected chi connectivity index (χ0v) is 57.1. The number of nitrogens with zero attached hydrogens (tertiary/aromatic N) is 4. The highest BCUT2D eigenvalue weighted by Gasteiger charge is 2.38. The van der Waals surface area contributed by atoms with Gasteiger partial charge in [0.1, 0.15) is 11.5 Å². The molecule has 4 aromatic carbocycles. The first-order valence-electron chi connectivity index (χ1n) is 32.0. The van der Waals surface area contributed by atoms with Gasteiger partial charge in [0, 0.05) is 86.4 Å². The molecule has 2 fully saturated rings. The number of carbonyl (C=O) groups excluding carboxylic acids is 4. The van der Waals surface area contributed by atoms with Gasteiger partial charge in [-0.05, 0) is 109 Å². The number of fused-ring (bicyclic) bond motifs is 2. The lowest BCUT2D eigenvalue weighted by molar-refractivity contribution is -0.122. The lowest BCUT2D eigenvalue weighted by Gasteiger charge is -2.38. The van der Waals surface area contributed by atoms with E-state index in [0.717, 1.165) is 35.8 Å². The number of para-hydroxylation sites is 4. The third kappa shape index (κ3) is 20.9. The SMILES string of the molecule is O=C(CCc1cc(Cl)c(Oc2sccc2C(=O)N2CCN(C3CC3)c3ccccc32)cc1Cl)NCCOCCOCCOCCOCCOCCOCCOCCOCCNC(=O)CCc1cc(Cl)c(Oc2sccc2C(=O)N2CCN(C3CC3)c3ccccc32)cc1Cl. The molecule has 4 aliphatic rings. The molecule has 4 heterocycles. The zero-order valence-electron chi connectivity index (χ0n) is 52.4. The van der Waals surface area contributed by atoms with Crippen LogP contribution < -0.4 is 39.7 Å². The van der Waals surface area contributed by atoms with Crippen molar-refractivity contribution in [3.63, 3.8) is 0 Å². The van der Waals surface area contributed by atoms with Gasteiger partial charge in [-0.25, -0.2) is 0 Å². The van der Waals surface area contributed by atoms with Crippen molar-refractivity contribution >= 4 is 115 Å². The minimum absolute atomic E-state index is 0.133. The fraction of sp³-hybridized carbons (Fsp3) is 0.471. The van der Waals surface area contributed by atoms with E-state index >= 15 is 0 Å². The number of ether oxygens (including phenoxy) is 10. The van der Waals surface area contributed by atoms with Crippen molar-refractivity contribution in [1.82, 2.24) is 10.6 Å². The summed E-state index contributed by atoms with van der Waals surface area (Å²) in [6.07, 6.45) is 5.87. The molecule has 2 aliphatic carbocycles. The number of benzene rings is 4. The van der Waals surface area contributed by atoms with Gasteiger partial charge in [-0.1, -0.05) is 70.7 Å². The molecule has 2 saturated carbocycles. The van der Waals surface area contributed by atoms with Crippen molar-refractivity contribution in [1.29, 1.82) is 0 Å². The number of halogens is 4. The molecule has 0 bridgehead atoms. The summed E-state index contributed by atoms with van der Waals surface area (Å²) in [5, 5.41) is 11.7. The van der Waals surface area contributed by atoms with E-state index in [0.29, 0.717) is 221 Å². The molecule has 2 aliphatic heterocycles. The summed E-state index contributed by atoms with van der Waals surface area (Å²) < 4.78 is 57.0. The average molecular weight is 1410 g/mol. The fourth-order valence-electron chi connectivity index (χ4n) is 10.8. The van der Waals surface area contributed by atoms with Crippen molar-refractivity contribution in [3.05, 3.63) is 138 Å². The van der Waals surface area contributed by atoms with Crippen molar-refractivity contribution < 1.29 is 66.5 Å². The molecule has 10 rings (SSSR count). The lowest BCUT2D eigenvalue weighted by Crippen LogP contribution is -2.45. The summed E-state index contributed by atoms with van der Waals surface area (Å²) >= 11 is 29.3. The van der Waals surface area contributed by atoms with Crippen LogP contribution in [0.5, 0.6) is 21.6 Å². The van der Waals surface area contributed by atoms with Gasteiger partial charge in [-0.2, -0.15) is 0 Å². The summed E-state index contributed by atoms with van der Waals surface area (Å²) in [7, 11) is 0. The molecule has 506 valence electrons. The quantitative estimate of drug-likeness (QED) is 0.0343. The molecule has 4 amide bonds. The van der Waals surface area contributed by atoms with Crippen LogP contribution in [0.1, 0.15) is 70.4 Å². The normalized spacial score (nSPS) is 14.5. The smallest absolute Gasteiger partial charge is 0.263 e. The Morgan fingerprint density at radius 2 is 0.745 bits per heavy atom. The first-order chi connectivity index (χ1) is 46.0. The standard InChI is InChI=1S/C68H80Cl4N6O14S2/c69-53-45-61(91-67-51(17-41-93-67)65(81)77-23-21-75(49-11-12-49)57-5-1-3-7-59(57)77)55(71)43-47(53)9-15-63(79)73-19-25-83-27-29-85-31-33-87-35-37-89-39-40-90-38-36-88-34-32-86-30-28-84-26-20-74-64(80)16-10-48-44-56(72)62(46-54(48)70)92-68-52(18-42-94-68)66(82)78-24-22-76(50-13-14-50)58-6-2-4-8-60(58)78/h1-8,17-18,41-46,49-50H,9-16,19-40H2,(H,73,79)(H,74,80). The Hall–Kier alpha value is -5.80. The van der Waals surface area contributed by atoms with Gasteiger partial charge in [0.2, 0.25) is 11.8 Å². The molecule has 0 spiro atoms.